The molecule has 0 atom stereocenters. The summed E-state index contributed by atoms with van der Waals surface area (Å²) in [6, 6.07) is 9.85. The van der Waals surface area contributed by atoms with E-state index < -0.39 is 0 Å². The van der Waals surface area contributed by atoms with Gasteiger partial charge in [-0.2, -0.15) is 0 Å². The van der Waals surface area contributed by atoms with Gasteiger partial charge in [-0.3, -0.25) is 0 Å². The van der Waals surface area contributed by atoms with Gasteiger partial charge in [-0.15, -0.1) is 11.3 Å². The third kappa shape index (κ3) is 2.43. The van der Waals surface area contributed by atoms with Crippen molar-refractivity contribution in [1.29, 1.82) is 0 Å². The molecule has 1 aromatic carbocycles. The smallest absolute Gasteiger partial charge is 0.152 e. The van der Waals surface area contributed by atoms with E-state index in [0.29, 0.717) is 12.2 Å². The average Bonchev–Trinajstić information content (AvgIpc) is 2.95. The van der Waals surface area contributed by atoms with E-state index in [4.69, 9.17) is 10.6 Å². The number of aromatic nitrogens is 2. The topological polar surface area (TPSA) is 73.1 Å². The maximum absolute atomic E-state index is 5.53. The van der Waals surface area contributed by atoms with Crippen LogP contribution in [0.5, 0.6) is 5.75 Å². The SMILES string of the molecule is COc1cccc(Cc2nc(NN)c3ccsc3n2)c1. The number of hydrazine groups is 1. The van der Waals surface area contributed by atoms with E-state index in [-0.39, 0.29) is 0 Å². The van der Waals surface area contributed by atoms with E-state index in [9.17, 15) is 0 Å². The van der Waals surface area contributed by atoms with Gasteiger partial charge in [0, 0.05) is 6.42 Å². The number of ether oxygens (including phenoxy) is 1. The molecule has 5 nitrogen and oxygen atoms in total. The Kier molecular flexibility index (Phi) is 3.49. The van der Waals surface area contributed by atoms with Crippen LogP contribution in [0.2, 0.25) is 0 Å². The molecule has 0 bridgehead atoms. The molecule has 2 aromatic heterocycles. The van der Waals surface area contributed by atoms with Crippen LogP contribution in [0.4, 0.5) is 5.82 Å². The van der Waals surface area contributed by atoms with E-state index in [1.54, 1.807) is 18.4 Å². The number of fused-ring (bicyclic) bond motifs is 1. The average molecular weight is 286 g/mol. The molecule has 0 spiro atoms. The second-order valence-corrected chi connectivity index (χ2v) is 5.20. The number of methoxy groups -OCH3 is 1. The zero-order valence-corrected chi connectivity index (χ0v) is 11.8. The molecule has 0 saturated heterocycles. The summed E-state index contributed by atoms with van der Waals surface area (Å²) in [6.45, 7) is 0. The fraction of sp³-hybridized carbons (Fsp3) is 0.143. The van der Waals surface area contributed by atoms with Crippen LogP contribution < -0.4 is 16.0 Å². The first kappa shape index (κ1) is 12.8. The number of nitrogens with one attached hydrogen (secondary N) is 1. The third-order valence-electron chi connectivity index (χ3n) is 3.00. The summed E-state index contributed by atoms with van der Waals surface area (Å²) in [5.74, 6) is 7.76. The molecule has 102 valence electrons. The van der Waals surface area contributed by atoms with Gasteiger partial charge in [0.25, 0.3) is 0 Å². The lowest BCUT2D eigenvalue weighted by Crippen LogP contribution is -2.10. The van der Waals surface area contributed by atoms with E-state index in [1.807, 2.05) is 35.7 Å². The van der Waals surface area contributed by atoms with Crippen molar-refractivity contribution >= 4 is 27.4 Å². The first-order valence-electron chi connectivity index (χ1n) is 6.14. The maximum Gasteiger partial charge on any atom is 0.152 e. The van der Waals surface area contributed by atoms with E-state index in [0.717, 1.165) is 27.4 Å². The largest absolute Gasteiger partial charge is 0.497 e. The van der Waals surface area contributed by atoms with Crippen molar-refractivity contribution in [2.75, 3.05) is 12.5 Å². The number of hydrogen-bond acceptors (Lipinski definition) is 6. The molecule has 3 N–H and O–H groups in total. The normalized spacial score (nSPS) is 10.7. The van der Waals surface area contributed by atoms with Crippen molar-refractivity contribution in [3.63, 3.8) is 0 Å². The first-order valence-corrected chi connectivity index (χ1v) is 7.02. The Bertz CT molecular complexity index is 741. The number of nitrogen functional groups attached to an aromatic ring is 1. The predicted molar refractivity (Wildman–Crippen MR) is 81.0 cm³/mol. The van der Waals surface area contributed by atoms with E-state index in [1.165, 1.54) is 0 Å². The van der Waals surface area contributed by atoms with Crippen LogP contribution in [-0.2, 0) is 6.42 Å². The van der Waals surface area contributed by atoms with Gasteiger partial charge >= 0.3 is 0 Å². The van der Waals surface area contributed by atoms with Crippen molar-refractivity contribution in [2.24, 2.45) is 5.84 Å². The molecule has 3 rings (SSSR count). The first-order chi connectivity index (χ1) is 9.80. The minimum Gasteiger partial charge on any atom is -0.497 e. The zero-order chi connectivity index (χ0) is 13.9. The van der Waals surface area contributed by atoms with Gasteiger partial charge in [-0.1, -0.05) is 12.1 Å². The highest BCUT2D eigenvalue weighted by Gasteiger charge is 2.09. The standard InChI is InChI=1S/C14H14N4OS/c1-19-10-4-2-3-9(7-10)8-12-16-13(18-15)11-5-6-20-14(11)17-12/h2-7H,8,15H2,1H3,(H,16,17,18). The van der Waals surface area contributed by atoms with Crippen LogP contribution >= 0.6 is 11.3 Å². The number of anilines is 1. The lowest BCUT2D eigenvalue weighted by Gasteiger charge is -2.06. The Morgan fingerprint density at radius 1 is 1.30 bits per heavy atom. The summed E-state index contributed by atoms with van der Waals surface area (Å²) in [7, 11) is 1.66. The van der Waals surface area contributed by atoms with Gasteiger partial charge in [0.1, 0.15) is 16.4 Å². The number of rotatable bonds is 4. The summed E-state index contributed by atoms with van der Waals surface area (Å²) in [6.07, 6.45) is 0.639. The molecule has 2 heterocycles. The highest BCUT2D eigenvalue weighted by Crippen LogP contribution is 2.25. The van der Waals surface area contributed by atoms with Gasteiger partial charge in [-0.05, 0) is 29.1 Å². The summed E-state index contributed by atoms with van der Waals surface area (Å²) >= 11 is 1.58. The van der Waals surface area contributed by atoms with Crippen molar-refractivity contribution in [2.45, 2.75) is 6.42 Å². The Morgan fingerprint density at radius 3 is 3.00 bits per heavy atom. The molecular weight excluding hydrogens is 272 g/mol. The van der Waals surface area contributed by atoms with Gasteiger partial charge < -0.3 is 10.2 Å². The van der Waals surface area contributed by atoms with Crippen LogP contribution in [0.1, 0.15) is 11.4 Å². The Balaban J connectivity index is 1.97. The van der Waals surface area contributed by atoms with Crippen molar-refractivity contribution in [3.05, 3.63) is 47.1 Å². The van der Waals surface area contributed by atoms with Crippen molar-refractivity contribution < 1.29 is 4.74 Å². The van der Waals surface area contributed by atoms with Gasteiger partial charge in [0.15, 0.2) is 5.82 Å². The number of nitrogens with two attached hydrogens (primary N) is 1. The van der Waals surface area contributed by atoms with E-state index >= 15 is 0 Å². The van der Waals surface area contributed by atoms with Crippen LogP contribution in [0.25, 0.3) is 10.2 Å². The molecule has 0 fully saturated rings. The third-order valence-corrected chi connectivity index (χ3v) is 3.81. The molecule has 20 heavy (non-hydrogen) atoms. The monoisotopic (exact) mass is 286 g/mol. The summed E-state index contributed by atoms with van der Waals surface area (Å²) in [5, 5.41) is 2.93. The highest BCUT2D eigenvalue weighted by molar-refractivity contribution is 7.16. The molecule has 0 radical (unpaired) electrons. The lowest BCUT2D eigenvalue weighted by molar-refractivity contribution is 0.414. The van der Waals surface area contributed by atoms with Crippen molar-refractivity contribution in [3.8, 4) is 5.75 Å². The zero-order valence-electron chi connectivity index (χ0n) is 11.0. The number of thiophene rings is 1. The lowest BCUT2D eigenvalue weighted by atomic mass is 10.1. The Hall–Kier alpha value is -2.18. The van der Waals surface area contributed by atoms with E-state index in [2.05, 4.69) is 15.4 Å². The molecule has 3 aromatic rings. The molecule has 0 unspecified atom stereocenters. The van der Waals surface area contributed by atoms with Crippen molar-refractivity contribution in [1.82, 2.24) is 9.97 Å². The maximum atomic E-state index is 5.53. The molecule has 0 aliphatic rings. The molecular formula is C14H14N4OS. The summed E-state index contributed by atoms with van der Waals surface area (Å²) in [5.41, 5.74) is 3.74. The summed E-state index contributed by atoms with van der Waals surface area (Å²) < 4.78 is 5.22. The fourth-order valence-electron chi connectivity index (χ4n) is 2.05. The molecule has 0 aliphatic heterocycles. The number of hydrogen-bond donors (Lipinski definition) is 2. The predicted octanol–water partition coefficient (Wildman–Crippen LogP) is 2.58. The van der Waals surface area contributed by atoms with Crippen LogP contribution in [-0.4, -0.2) is 17.1 Å². The second kappa shape index (κ2) is 5.44. The summed E-state index contributed by atoms with van der Waals surface area (Å²) in [4.78, 5) is 9.96. The van der Waals surface area contributed by atoms with Gasteiger partial charge in [0.2, 0.25) is 0 Å². The van der Waals surface area contributed by atoms with Gasteiger partial charge in [-0.25, -0.2) is 15.8 Å². The second-order valence-electron chi connectivity index (χ2n) is 4.30. The minimum absolute atomic E-state index is 0.639. The molecule has 0 saturated carbocycles. The Labute approximate surface area is 120 Å². The number of benzene rings is 1. The highest BCUT2D eigenvalue weighted by atomic mass is 32.1. The molecule has 6 heteroatoms. The van der Waals surface area contributed by atoms with Crippen LogP contribution in [0.15, 0.2) is 35.7 Å². The number of nitrogens with zero attached hydrogens (tertiary/aromatic N) is 2. The van der Waals surface area contributed by atoms with Gasteiger partial charge in [0.05, 0.1) is 12.5 Å². The quantitative estimate of drug-likeness (QED) is 0.569. The van der Waals surface area contributed by atoms with Crippen LogP contribution in [0, 0.1) is 0 Å². The minimum atomic E-state index is 0.639. The molecule has 0 amide bonds. The fourth-order valence-corrected chi connectivity index (χ4v) is 2.84. The Morgan fingerprint density at radius 2 is 2.20 bits per heavy atom. The molecule has 0 aliphatic carbocycles. The van der Waals surface area contributed by atoms with Crippen LogP contribution in [0.3, 0.4) is 0 Å².